The van der Waals surface area contributed by atoms with Gasteiger partial charge in [-0.05, 0) is 42.5 Å². The first kappa shape index (κ1) is 17.4. The molecule has 3 aromatic rings. The molecule has 0 spiro atoms. The van der Waals surface area contributed by atoms with E-state index in [4.69, 9.17) is 4.74 Å². The van der Waals surface area contributed by atoms with Gasteiger partial charge < -0.3 is 10.1 Å². The van der Waals surface area contributed by atoms with Crippen molar-refractivity contribution in [1.82, 2.24) is 10.2 Å². The summed E-state index contributed by atoms with van der Waals surface area (Å²) in [6.45, 7) is 0. The predicted molar refractivity (Wildman–Crippen MR) is 97.7 cm³/mol. The first-order valence-electron chi connectivity index (χ1n) is 7.30. The Morgan fingerprint density at radius 3 is 2.76 bits per heavy atom. The fraction of sp³-hybridized carbons (Fsp3) is 0.118. The van der Waals surface area contributed by atoms with Gasteiger partial charge in [-0.3, -0.25) is 4.79 Å². The van der Waals surface area contributed by atoms with Crippen LogP contribution in [0.4, 0.5) is 10.1 Å². The zero-order chi connectivity index (χ0) is 17.6. The van der Waals surface area contributed by atoms with E-state index in [-0.39, 0.29) is 11.7 Å². The zero-order valence-corrected chi connectivity index (χ0v) is 14.9. The molecule has 0 saturated heterocycles. The van der Waals surface area contributed by atoms with Crippen LogP contribution in [-0.4, -0.2) is 29.0 Å². The molecule has 0 aliphatic carbocycles. The van der Waals surface area contributed by atoms with Crippen LogP contribution in [0.1, 0.15) is 0 Å². The Morgan fingerprint density at radius 1 is 1.24 bits per heavy atom. The van der Waals surface area contributed by atoms with Crippen LogP contribution < -0.4 is 10.1 Å². The highest BCUT2D eigenvalue weighted by Crippen LogP contribution is 2.30. The molecule has 1 amide bonds. The number of amides is 1. The molecule has 128 valence electrons. The van der Waals surface area contributed by atoms with Crippen molar-refractivity contribution in [3.8, 4) is 16.3 Å². The molecule has 1 N–H and O–H groups in total. The minimum Gasteiger partial charge on any atom is -0.497 e. The van der Waals surface area contributed by atoms with Gasteiger partial charge in [0.25, 0.3) is 0 Å². The zero-order valence-electron chi connectivity index (χ0n) is 13.2. The molecule has 0 radical (unpaired) electrons. The number of nitrogens with zero attached hydrogens (tertiary/aromatic N) is 2. The van der Waals surface area contributed by atoms with Gasteiger partial charge in [0.1, 0.15) is 16.6 Å². The first-order valence-corrected chi connectivity index (χ1v) is 9.10. The molecule has 0 unspecified atom stereocenters. The number of nitrogens with one attached hydrogen (secondary N) is 1. The number of benzene rings is 2. The van der Waals surface area contributed by atoms with E-state index in [1.165, 1.54) is 35.2 Å². The summed E-state index contributed by atoms with van der Waals surface area (Å²) in [5.74, 6) is 0.334. The highest BCUT2D eigenvalue weighted by atomic mass is 32.2. The second kappa shape index (κ2) is 8.09. The molecule has 0 fully saturated rings. The van der Waals surface area contributed by atoms with Crippen LogP contribution in [0.25, 0.3) is 10.6 Å². The SMILES string of the molecule is COc1ccc(-c2nnc(SCC(=O)Nc3cccc(F)c3)s2)cc1. The predicted octanol–water partition coefficient (Wildman–Crippen LogP) is 4.08. The molecular formula is C17H14FN3O2S2. The molecule has 2 aromatic carbocycles. The van der Waals surface area contributed by atoms with Gasteiger partial charge in [0, 0.05) is 11.3 Å². The molecule has 8 heteroatoms. The minimum absolute atomic E-state index is 0.174. The standard InChI is InChI=1S/C17H14FN3O2S2/c1-23-14-7-5-11(6-8-14)16-20-21-17(25-16)24-10-15(22)19-13-4-2-3-12(18)9-13/h2-9H,10H2,1H3,(H,19,22). The van der Waals surface area contributed by atoms with E-state index >= 15 is 0 Å². The van der Waals surface area contributed by atoms with Gasteiger partial charge >= 0.3 is 0 Å². The molecule has 0 bridgehead atoms. The number of rotatable bonds is 6. The first-order chi connectivity index (χ1) is 12.1. The van der Waals surface area contributed by atoms with Crippen molar-refractivity contribution in [2.45, 2.75) is 4.34 Å². The van der Waals surface area contributed by atoms with Crippen molar-refractivity contribution in [2.75, 3.05) is 18.2 Å². The smallest absolute Gasteiger partial charge is 0.234 e. The van der Waals surface area contributed by atoms with E-state index < -0.39 is 5.82 Å². The summed E-state index contributed by atoms with van der Waals surface area (Å²) in [7, 11) is 1.61. The number of carbonyl (C=O) groups is 1. The minimum atomic E-state index is -0.390. The molecule has 5 nitrogen and oxygen atoms in total. The number of hydrogen-bond donors (Lipinski definition) is 1. The number of anilines is 1. The van der Waals surface area contributed by atoms with Crippen molar-refractivity contribution in [2.24, 2.45) is 0 Å². The van der Waals surface area contributed by atoms with Crippen molar-refractivity contribution < 1.29 is 13.9 Å². The molecule has 25 heavy (non-hydrogen) atoms. The van der Waals surface area contributed by atoms with E-state index in [2.05, 4.69) is 15.5 Å². The van der Waals surface area contributed by atoms with Crippen molar-refractivity contribution in [1.29, 1.82) is 0 Å². The molecular weight excluding hydrogens is 361 g/mol. The average molecular weight is 375 g/mol. The number of hydrogen-bond acceptors (Lipinski definition) is 6. The molecule has 1 aromatic heterocycles. The van der Waals surface area contributed by atoms with E-state index in [0.29, 0.717) is 10.0 Å². The van der Waals surface area contributed by atoms with Crippen molar-refractivity contribution in [3.05, 3.63) is 54.3 Å². The topological polar surface area (TPSA) is 64.1 Å². The molecule has 0 saturated carbocycles. The lowest BCUT2D eigenvalue weighted by atomic mass is 10.2. The lowest BCUT2D eigenvalue weighted by Gasteiger charge is -2.03. The monoisotopic (exact) mass is 375 g/mol. The number of thioether (sulfide) groups is 1. The molecule has 0 aliphatic heterocycles. The normalized spacial score (nSPS) is 10.5. The van der Waals surface area contributed by atoms with Gasteiger partial charge in [-0.25, -0.2) is 4.39 Å². The molecule has 0 atom stereocenters. The fourth-order valence-electron chi connectivity index (χ4n) is 2.01. The third-order valence-electron chi connectivity index (χ3n) is 3.18. The van der Waals surface area contributed by atoms with Gasteiger partial charge in [-0.1, -0.05) is 29.2 Å². The summed E-state index contributed by atoms with van der Waals surface area (Å²) < 4.78 is 18.9. The van der Waals surface area contributed by atoms with Crippen LogP contribution in [0.5, 0.6) is 5.75 Å². The maximum atomic E-state index is 13.1. The largest absolute Gasteiger partial charge is 0.497 e. The van der Waals surface area contributed by atoms with Crippen LogP contribution in [0.15, 0.2) is 52.9 Å². The van der Waals surface area contributed by atoms with E-state index in [1.807, 2.05) is 24.3 Å². The summed E-state index contributed by atoms with van der Waals surface area (Å²) in [4.78, 5) is 11.9. The summed E-state index contributed by atoms with van der Waals surface area (Å²) in [5.41, 5.74) is 1.37. The van der Waals surface area contributed by atoms with Gasteiger partial charge in [-0.15, -0.1) is 10.2 Å². The van der Waals surface area contributed by atoms with Gasteiger partial charge in [-0.2, -0.15) is 0 Å². The fourth-order valence-corrected chi connectivity index (χ4v) is 3.67. The molecule has 3 rings (SSSR count). The van der Waals surface area contributed by atoms with Gasteiger partial charge in [0.05, 0.1) is 12.9 Å². The second-order valence-corrected chi connectivity index (χ2v) is 7.15. The number of carbonyl (C=O) groups excluding carboxylic acids is 1. The van der Waals surface area contributed by atoms with Gasteiger partial charge in [0.2, 0.25) is 5.91 Å². The van der Waals surface area contributed by atoms with Crippen LogP contribution in [0.3, 0.4) is 0 Å². The number of aromatic nitrogens is 2. The summed E-state index contributed by atoms with van der Waals surface area (Å²) in [6, 6.07) is 13.3. The van der Waals surface area contributed by atoms with Crippen LogP contribution in [-0.2, 0) is 4.79 Å². The maximum absolute atomic E-state index is 13.1. The maximum Gasteiger partial charge on any atom is 0.234 e. The van der Waals surface area contributed by atoms with Gasteiger partial charge in [0.15, 0.2) is 4.34 Å². The van der Waals surface area contributed by atoms with Crippen LogP contribution in [0, 0.1) is 5.82 Å². The third-order valence-corrected chi connectivity index (χ3v) is 5.28. The third kappa shape index (κ3) is 4.77. The summed E-state index contributed by atoms with van der Waals surface area (Å²) in [5, 5.41) is 11.7. The Bertz CT molecular complexity index is 868. The Balaban J connectivity index is 1.56. The lowest BCUT2D eigenvalue weighted by molar-refractivity contribution is -0.113. The Labute approximate surface area is 152 Å². The highest BCUT2D eigenvalue weighted by molar-refractivity contribution is 8.01. The number of methoxy groups -OCH3 is 1. The van der Waals surface area contributed by atoms with Crippen LogP contribution >= 0.6 is 23.1 Å². The Hall–Kier alpha value is -2.45. The average Bonchev–Trinajstić information content (AvgIpc) is 3.09. The quantitative estimate of drug-likeness (QED) is 0.658. The molecule has 1 heterocycles. The highest BCUT2D eigenvalue weighted by Gasteiger charge is 2.10. The van der Waals surface area contributed by atoms with Crippen molar-refractivity contribution in [3.63, 3.8) is 0 Å². The van der Waals surface area contributed by atoms with Crippen molar-refractivity contribution >= 4 is 34.7 Å². The van der Waals surface area contributed by atoms with Crippen LogP contribution in [0.2, 0.25) is 0 Å². The summed E-state index contributed by atoms with van der Waals surface area (Å²) in [6.07, 6.45) is 0. The lowest BCUT2D eigenvalue weighted by Crippen LogP contribution is -2.13. The number of halogens is 1. The van der Waals surface area contributed by atoms with E-state index in [0.717, 1.165) is 16.3 Å². The molecule has 0 aliphatic rings. The van der Waals surface area contributed by atoms with E-state index in [9.17, 15) is 9.18 Å². The van der Waals surface area contributed by atoms with E-state index in [1.54, 1.807) is 19.2 Å². The Kier molecular flexibility index (Phi) is 5.62. The summed E-state index contributed by atoms with van der Waals surface area (Å²) >= 11 is 2.70. The number of ether oxygens (including phenoxy) is 1. The Morgan fingerprint density at radius 2 is 2.04 bits per heavy atom. The second-order valence-electron chi connectivity index (χ2n) is 4.95.